The molecule has 0 bridgehead atoms. The molecular weight excluding hydrogens is 281 g/mol. The van der Waals surface area contributed by atoms with Crippen LogP contribution in [0.15, 0.2) is 18.2 Å². The van der Waals surface area contributed by atoms with E-state index in [-0.39, 0.29) is 5.91 Å². The molecule has 0 aliphatic carbocycles. The Kier molecular flexibility index (Phi) is 7.25. The normalized spacial score (nSPS) is 12.2. The van der Waals surface area contributed by atoms with E-state index in [1.54, 1.807) is 18.2 Å². The summed E-state index contributed by atoms with van der Waals surface area (Å²) >= 11 is 11.8. The van der Waals surface area contributed by atoms with Gasteiger partial charge in [-0.15, -0.1) is 0 Å². The maximum absolute atomic E-state index is 12.0. The molecule has 106 valence electrons. The van der Waals surface area contributed by atoms with Crippen molar-refractivity contribution < 1.29 is 4.79 Å². The highest BCUT2D eigenvalue weighted by atomic mass is 35.5. The zero-order chi connectivity index (χ0) is 14.3. The number of halogens is 2. The van der Waals surface area contributed by atoms with E-state index in [2.05, 4.69) is 19.2 Å². The van der Waals surface area contributed by atoms with Crippen LogP contribution in [0.5, 0.6) is 0 Å². The van der Waals surface area contributed by atoms with Crippen molar-refractivity contribution in [1.82, 2.24) is 5.32 Å². The van der Waals surface area contributed by atoms with Gasteiger partial charge < -0.3 is 5.32 Å². The van der Waals surface area contributed by atoms with Crippen molar-refractivity contribution in [2.75, 3.05) is 6.54 Å². The number of carbonyl (C=O) groups excluding carboxylic acids is 1. The Bertz CT molecular complexity index is 421. The van der Waals surface area contributed by atoms with E-state index in [1.807, 2.05) is 0 Å². The van der Waals surface area contributed by atoms with E-state index >= 15 is 0 Å². The summed E-state index contributed by atoms with van der Waals surface area (Å²) in [4.78, 5) is 12.0. The van der Waals surface area contributed by atoms with Crippen molar-refractivity contribution in [2.24, 2.45) is 5.92 Å². The largest absolute Gasteiger partial charge is 0.352 e. The van der Waals surface area contributed by atoms with Crippen LogP contribution in [0.2, 0.25) is 10.0 Å². The third-order valence-electron chi connectivity index (χ3n) is 3.27. The van der Waals surface area contributed by atoms with Crippen LogP contribution in [0.3, 0.4) is 0 Å². The van der Waals surface area contributed by atoms with Crippen LogP contribution in [0.1, 0.15) is 49.9 Å². The van der Waals surface area contributed by atoms with Gasteiger partial charge in [0.1, 0.15) is 0 Å². The Balaban J connectivity index is 2.54. The molecule has 0 saturated carbocycles. The molecule has 4 heteroatoms. The fourth-order valence-corrected chi connectivity index (χ4v) is 2.44. The summed E-state index contributed by atoms with van der Waals surface area (Å²) < 4.78 is 0. The van der Waals surface area contributed by atoms with Crippen LogP contribution in [0.25, 0.3) is 0 Å². The highest BCUT2D eigenvalue weighted by molar-refractivity contribution is 6.36. The molecule has 0 heterocycles. The molecule has 1 atom stereocenters. The first-order chi connectivity index (χ1) is 9.08. The van der Waals surface area contributed by atoms with Crippen LogP contribution in [-0.2, 0) is 0 Å². The highest BCUT2D eigenvalue weighted by Crippen LogP contribution is 2.21. The van der Waals surface area contributed by atoms with Crippen molar-refractivity contribution in [3.8, 4) is 0 Å². The molecule has 1 aromatic rings. The van der Waals surface area contributed by atoms with E-state index in [0.717, 1.165) is 12.8 Å². The van der Waals surface area contributed by atoms with Gasteiger partial charge in [0.2, 0.25) is 0 Å². The van der Waals surface area contributed by atoms with Crippen molar-refractivity contribution in [3.05, 3.63) is 33.8 Å². The zero-order valence-electron chi connectivity index (χ0n) is 11.5. The van der Waals surface area contributed by atoms with E-state index in [0.29, 0.717) is 28.1 Å². The fraction of sp³-hybridized carbons (Fsp3) is 0.533. The van der Waals surface area contributed by atoms with Gasteiger partial charge in [-0.2, -0.15) is 0 Å². The van der Waals surface area contributed by atoms with Crippen LogP contribution in [0.4, 0.5) is 0 Å². The molecule has 0 aliphatic heterocycles. The number of carbonyl (C=O) groups is 1. The van der Waals surface area contributed by atoms with Crippen LogP contribution in [-0.4, -0.2) is 12.5 Å². The number of unbranched alkanes of at least 4 members (excludes halogenated alkanes) is 1. The first-order valence-corrected chi connectivity index (χ1v) is 7.57. The lowest BCUT2D eigenvalue weighted by Gasteiger charge is -2.15. The average Bonchev–Trinajstić information content (AvgIpc) is 2.38. The quantitative estimate of drug-likeness (QED) is 0.759. The number of benzene rings is 1. The van der Waals surface area contributed by atoms with Crippen molar-refractivity contribution >= 4 is 29.1 Å². The Labute approximate surface area is 125 Å². The van der Waals surface area contributed by atoms with Crippen molar-refractivity contribution in [1.29, 1.82) is 0 Å². The Morgan fingerprint density at radius 3 is 2.63 bits per heavy atom. The van der Waals surface area contributed by atoms with Crippen molar-refractivity contribution in [2.45, 2.75) is 39.5 Å². The lowest BCUT2D eigenvalue weighted by atomic mass is 9.99. The zero-order valence-corrected chi connectivity index (χ0v) is 13.0. The second-order valence-corrected chi connectivity index (χ2v) is 5.59. The smallest absolute Gasteiger partial charge is 0.252 e. The SMILES string of the molecule is CCCCC(CC)CNC(=O)c1ccc(Cl)cc1Cl. The van der Waals surface area contributed by atoms with Gasteiger partial charge in [-0.1, -0.05) is 56.3 Å². The molecule has 0 spiro atoms. The predicted octanol–water partition coefficient (Wildman–Crippen LogP) is 4.94. The van der Waals surface area contributed by atoms with E-state index in [9.17, 15) is 4.79 Å². The molecule has 0 aliphatic rings. The van der Waals surface area contributed by atoms with E-state index in [1.165, 1.54) is 12.8 Å². The molecular formula is C15H21Cl2NO. The minimum absolute atomic E-state index is 0.128. The predicted molar refractivity (Wildman–Crippen MR) is 82.1 cm³/mol. The van der Waals surface area contributed by atoms with Gasteiger partial charge in [0.05, 0.1) is 10.6 Å². The van der Waals surface area contributed by atoms with Crippen molar-refractivity contribution in [3.63, 3.8) is 0 Å². The van der Waals surface area contributed by atoms with Gasteiger partial charge >= 0.3 is 0 Å². The fourth-order valence-electron chi connectivity index (χ4n) is 1.95. The summed E-state index contributed by atoms with van der Waals surface area (Å²) in [6, 6.07) is 4.93. The third-order valence-corrected chi connectivity index (χ3v) is 3.82. The molecule has 0 radical (unpaired) electrons. The number of amides is 1. The molecule has 1 aromatic carbocycles. The molecule has 2 nitrogen and oxygen atoms in total. The number of nitrogens with one attached hydrogen (secondary N) is 1. The summed E-state index contributed by atoms with van der Waals surface area (Å²) in [7, 11) is 0. The Morgan fingerprint density at radius 2 is 2.05 bits per heavy atom. The molecule has 1 amide bonds. The Morgan fingerprint density at radius 1 is 1.32 bits per heavy atom. The minimum Gasteiger partial charge on any atom is -0.352 e. The van der Waals surface area contributed by atoms with E-state index in [4.69, 9.17) is 23.2 Å². The minimum atomic E-state index is -0.128. The van der Waals surface area contributed by atoms with Gasteiger partial charge in [-0.25, -0.2) is 0 Å². The lowest BCUT2D eigenvalue weighted by molar-refractivity contribution is 0.0946. The molecule has 0 fully saturated rings. The number of hydrogen-bond donors (Lipinski definition) is 1. The summed E-state index contributed by atoms with van der Waals surface area (Å²) in [6.07, 6.45) is 4.62. The standard InChI is InChI=1S/C15H21Cl2NO/c1-3-5-6-11(4-2)10-18-15(19)13-8-7-12(16)9-14(13)17/h7-9,11H,3-6,10H2,1-2H3,(H,18,19). The maximum atomic E-state index is 12.0. The molecule has 0 saturated heterocycles. The van der Waals surface area contributed by atoms with Crippen LogP contribution < -0.4 is 5.32 Å². The highest BCUT2D eigenvalue weighted by Gasteiger charge is 2.12. The second-order valence-electron chi connectivity index (χ2n) is 4.75. The van der Waals surface area contributed by atoms with Crippen LogP contribution in [0, 0.1) is 5.92 Å². The van der Waals surface area contributed by atoms with Gasteiger partial charge in [-0.3, -0.25) is 4.79 Å². The maximum Gasteiger partial charge on any atom is 0.252 e. The average molecular weight is 302 g/mol. The van der Waals surface area contributed by atoms with Gasteiger partial charge in [0, 0.05) is 11.6 Å². The second kappa shape index (κ2) is 8.44. The van der Waals surface area contributed by atoms with Crippen LogP contribution >= 0.6 is 23.2 Å². The summed E-state index contributed by atoms with van der Waals surface area (Å²) in [6.45, 7) is 5.04. The van der Waals surface area contributed by atoms with Gasteiger partial charge in [0.25, 0.3) is 5.91 Å². The summed E-state index contributed by atoms with van der Waals surface area (Å²) in [5.74, 6) is 0.409. The number of rotatable bonds is 7. The summed E-state index contributed by atoms with van der Waals surface area (Å²) in [5.41, 5.74) is 0.483. The summed E-state index contributed by atoms with van der Waals surface area (Å²) in [5, 5.41) is 3.89. The molecule has 0 aromatic heterocycles. The first-order valence-electron chi connectivity index (χ1n) is 6.81. The monoisotopic (exact) mass is 301 g/mol. The molecule has 1 unspecified atom stereocenters. The van der Waals surface area contributed by atoms with Gasteiger partial charge in [0.15, 0.2) is 0 Å². The third kappa shape index (κ3) is 5.42. The molecule has 19 heavy (non-hydrogen) atoms. The van der Waals surface area contributed by atoms with Gasteiger partial charge in [-0.05, 0) is 30.5 Å². The Hall–Kier alpha value is -0.730. The number of hydrogen-bond acceptors (Lipinski definition) is 1. The topological polar surface area (TPSA) is 29.1 Å². The first kappa shape index (κ1) is 16.3. The van der Waals surface area contributed by atoms with E-state index < -0.39 is 0 Å². The molecule has 1 N–H and O–H groups in total. The lowest BCUT2D eigenvalue weighted by Crippen LogP contribution is -2.29. The molecule has 1 rings (SSSR count).